The van der Waals surface area contributed by atoms with E-state index in [9.17, 15) is 19.2 Å². The zero-order valence-corrected chi connectivity index (χ0v) is 13.3. The van der Waals surface area contributed by atoms with E-state index < -0.39 is 29.5 Å². The number of fused-ring (bicyclic) bond motifs is 1. The summed E-state index contributed by atoms with van der Waals surface area (Å²) >= 11 is 0. The first-order valence-corrected chi connectivity index (χ1v) is 7.55. The van der Waals surface area contributed by atoms with E-state index >= 15 is 0 Å². The van der Waals surface area contributed by atoms with Crippen LogP contribution in [0.15, 0.2) is 18.2 Å². The van der Waals surface area contributed by atoms with Crippen molar-refractivity contribution < 1.29 is 19.2 Å². The average molecular weight is 314 g/mol. The van der Waals surface area contributed by atoms with Crippen molar-refractivity contribution in [2.45, 2.75) is 38.6 Å². The van der Waals surface area contributed by atoms with Gasteiger partial charge in [-0.3, -0.25) is 24.1 Å². The smallest absolute Gasteiger partial charge is 0.262 e. The van der Waals surface area contributed by atoms with E-state index in [0.717, 1.165) is 10.5 Å². The van der Waals surface area contributed by atoms with Crippen LogP contribution in [0.25, 0.3) is 0 Å². The first kappa shape index (κ1) is 15.4. The maximum atomic E-state index is 12.8. The first-order valence-electron chi connectivity index (χ1n) is 7.55. The molecule has 23 heavy (non-hydrogen) atoms. The van der Waals surface area contributed by atoms with Crippen LogP contribution in [0.3, 0.4) is 0 Å². The van der Waals surface area contributed by atoms with Gasteiger partial charge in [0.1, 0.15) is 0 Å². The highest BCUT2D eigenvalue weighted by Gasteiger charge is 2.48. The monoisotopic (exact) mass is 314 g/mol. The van der Waals surface area contributed by atoms with E-state index in [2.05, 4.69) is 5.32 Å². The second-order valence-electron chi connectivity index (χ2n) is 6.87. The summed E-state index contributed by atoms with van der Waals surface area (Å²) in [5.74, 6) is -2.13. The molecule has 0 radical (unpaired) electrons. The number of imide groups is 1. The fourth-order valence-corrected chi connectivity index (χ4v) is 3.11. The lowest BCUT2D eigenvalue weighted by Gasteiger charge is -2.27. The molecule has 2 aliphatic heterocycles. The number of nitrogens with zero attached hydrogens (tertiary/aromatic N) is 1. The second-order valence-corrected chi connectivity index (χ2v) is 6.87. The summed E-state index contributed by atoms with van der Waals surface area (Å²) in [6.07, 6.45) is 0.121. The molecular formula is C17H18N2O4. The average Bonchev–Trinajstić information content (AvgIpc) is 2.71. The lowest BCUT2D eigenvalue weighted by molar-refractivity contribution is -0.136. The molecule has 3 rings (SSSR count). The minimum absolute atomic E-state index is 0.121. The lowest BCUT2D eigenvalue weighted by Crippen LogP contribution is -2.57. The number of carbonyl (C=O) groups is 4. The van der Waals surface area contributed by atoms with Crippen LogP contribution in [0, 0.1) is 0 Å². The normalized spacial score (nSPS) is 21.5. The number of carbonyl (C=O) groups excluding carboxylic acids is 4. The molecule has 1 N–H and O–H groups in total. The molecule has 6 heteroatoms. The van der Waals surface area contributed by atoms with Crippen molar-refractivity contribution in [1.82, 2.24) is 10.2 Å². The van der Waals surface area contributed by atoms with Gasteiger partial charge >= 0.3 is 0 Å². The number of benzene rings is 1. The fraction of sp³-hybridized carbons (Fsp3) is 0.412. The number of ketones is 1. The Bertz CT molecular complexity index is 729. The number of piperidine rings is 1. The molecule has 2 heterocycles. The Morgan fingerprint density at radius 3 is 2.39 bits per heavy atom. The Balaban J connectivity index is 2.11. The molecule has 1 unspecified atom stereocenters. The summed E-state index contributed by atoms with van der Waals surface area (Å²) in [4.78, 5) is 50.5. The van der Waals surface area contributed by atoms with Crippen LogP contribution >= 0.6 is 0 Å². The molecule has 0 spiro atoms. The van der Waals surface area contributed by atoms with E-state index in [0.29, 0.717) is 5.56 Å². The first-order chi connectivity index (χ1) is 10.7. The molecule has 0 aromatic heterocycles. The summed E-state index contributed by atoms with van der Waals surface area (Å²) in [7, 11) is 0. The maximum Gasteiger partial charge on any atom is 0.262 e. The van der Waals surface area contributed by atoms with Gasteiger partial charge in [-0.05, 0) is 17.0 Å². The van der Waals surface area contributed by atoms with Crippen LogP contribution in [0.4, 0.5) is 0 Å². The third-order valence-electron chi connectivity index (χ3n) is 4.24. The second kappa shape index (κ2) is 5.01. The zero-order chi connectivity index (χ0) is 16.9. The molecule has 0 bridgehead atoms. The van der Waals surface area contributed by atoms with Gasteiger partial charge in [0.15, 0.2) is 11.8 Å². The predicted octanol–water partition coefficient (Wildman–Crippen LogP) is 1.04. The standard InChI is InChI=1S/C17H18N2O4/c1-17(2,3)10-6-4-5-9-12(10)16(23)19(15(9)22)13-11(20)7-8-18-14(13)21/h4-6,13H,7-8H2,1-3H3,(H,18,21). The zero-order valence-electron chi connectivity index (χ0n) is 13.3. The third kappa shape index (κ3) is 2.25. The number of hydrogen-bond donors (Lipinski definition) is 1. The van der Waals surface area contributed by atoms with Crippen LogP contribution in [0.1, 0.15) is 53.5 Å². The van der Waals surface area contributed by atoms with Crippen molar-refractivity contribution in [2.75, 3.05) is 6.54 Å². The number of Topliss-reactive ketones (excluding diaryl/α,β-unsaturated/α-hetero) is 1. The molecule has 3 amide bonds. The van der Waals surface area contributed by atoms with Crippen molar-refractivity contribution >= 4 is 23.5 Å². The highest BCUT2D eigenvalue weighted by molar-refractivity contribution is 6.26. The van der Waals surface area contributed by atoms with Gasteiger partial charge in [-0.15, -0.1) is 0 Å². The Morgan fingerprint density at radius 2 is 1.78 bits per heavy atom. The quantitative estimate of drug-likeness (QED) is 0.620. The van der Waals surface area contributed by atoms with Crippen LogP contribution < -0.4 is 5.32 Å². The molecule has 1 aromatic carbocycles. The van der Waals surface area contributed by atoms with Gasteiger partial charge in [-0.1, -0.05) is 32.9 Å². The van der Waals surface area contributed by atoms with E-state index in [1.165, 1.54) is 0 Å². The highest BCUT2D eigenvalue weighted by atomic mass is 16.2. The molecule has 0 saturated carbocycles. The van der Waals surface area contributed by atoms with Gasteiger partial charge in [0.2, 0.25) is 0 Å². The van der Waals surface area contributed by atoms with Gasteiger partial charge in [0.05, 0.1) is 11.1 Å². The van der Waals surface area contributed by atoms with Crippen molar-refractivity contribution in [3.63, 3.8) is 0 Å². The van der Waals surface area contributed by atoms with E-state index in [-0.39, 0.29) is 23.9 Å². The Kier molecular flexibility index (Phi) is 3.35. The van der Waals surface area contributed by atoms with Crippen LogP contribution in [0.5, 0.6) is 0 Å². The van der Waals surface area contributed by atoms with Gasteiger partial charge in [0, 0.05) is 13.0 Å². The van der Waals surface area contributed by atoms with Gasteiger partial charge in [0.25, 0.3) is 17.7 Å². The summed E-state index contributed by atoms with van der Waals surface area (Å²) in [6.45, 7) is 6.08. The van der Waals surface area contributed by atoms with E-state index in [1.54, 1.807) is 18.2 Å². The summed E-state index contributed by atoms with van der Waals surface area (Å²) in [5, 5.41) is 2.55. The number of hydrogen-bond acceptors (Lipinski definition) is 4. The minimum atomic E-state index is -1.36. The van der Waals surface area contributed by atoms with E-state index in [4.69, 9.17) is 0 Å². The van der Waals surface area contributed by atoms with Gasteiger partial charge in [-0.2, -0.15) is 0 Å². The topological polar surface area (TPSA) is 83.6 Å². The van der Waals surface area contributed by atoms with Crippen molar-refractivity contribution in [3.05, 3.63) is 34.9 Å². The minimum Gasteiger partial charge on any atom is -0.353 e. The SMILES string of the molecule is CC(C)(C)c1cccc2c1C(=O)N(C1C(=O)CCNC1=O)C2=O. The molecule has 1 saturated heterocycles. The van der Waals surface area contributed by atoms with Crippen molar-refractivity contribution in [1.29, 1.82) is 0 Å². The highest BCUT2D eigenvalue weighted by Crippen LogP contribution is 2.34. The molecule has 2 aliphatic rings. The summed E-state index contributed by atoms with van der Waals surface area (Å²) in [5.41, 5.74) is 0.958. The van der Waals surface area contributed by atoms with Gasteiger partial charge in [-0.25, -0.2) is 0 Å². The Morgan fingerprint density at radius 1 is 1.09 bits per heavy atom. The number of rotatable bonds is 1. The number of amides is 3. The van der Waals surface area contributed by atoms with Crippen LogP contribution in [0.2, 0.25) is 0 Å². The fourth-order valence-electron chi connectivity index (χ4n) is 3.11. The third-order valence-corrected chi connectivity index (χ3v) is 4.24. The largest absolute Gasteiger partial charge is 0.353 e. The molecule has 1 aromatic rings. The predicted molar refractivity (Wildman–Crippen MR) is 82.1 cm³/mol. The Hall–Kier alpha value is -2.50. The van der Waals surface area contributed by atoms with Crippen molar-refractivity contribution in [2.24, 2.45) is 0 Å². The van der Waals surface area contributed by atoms with Gasteiger partial charge < -0.3 is 5.32 Å². The molecule has 1 fully saturated rings. The molecule has 1 atom stereocenters. The molecule has 6 nitrogen and oxygen atoms in total. The van der Waals surface area contributed by atoms with Crippen molar-refractivity contribution in [3.8, 4) is 0 Å². The summed E-state index contributed by atoms with van der Waals surface area (Å²) in [6, 6.07) is 3.73. The van der Waals surface area contributed by atoms with Crippen LogP contribution in [-0.2, 0) is 15.0 Å². The molecule has 120 valence electrons. The summed E-state index contributed by atoms with van der Waals surface area (Å²) < 4.78 is 0. The number of nitrogens with one attached hydrogen (secondary N) is 1. The van der Waals surface area contributed by atoms with Crippen LogP contribution in [-0.4, -0.2) is 41.0 Å². The molecular weight excluding hydrogens is 296 g/mol. The lowest BCUT2D eigenvalue weighted by atomic mass is 9.82. The Labute approximate surface area is 133 Å². The van der Waals surface area contributed by atoms with E-state index in [1.807, 2.05) is 20.8 Å². The maximum absolute atomic E-state index is 12.8. The molecule has 0 aliphatic carbocycles.